The van der Waals surface area contributed by atoms with Gasteiger partial charge in [-0.3, -0.25) is 9.36 Å². The van der Waals surface area contributed by atoms with Crippen molar-refractivity contribution in [1.29, 1.82) is 0 Å². The van der Waals surface area contributed by atoms with Gasteiger partial charge in [0.1, 0.15) is 10.6 Å². The summed E-state index contributed by atoms with van der Waals surface area (Å²) in [6, 6.07) is 17.7. The van der Waals surface area contributed by atoms with Crippen molar-refractivity contribution >= 4 is 33.3 Å². The van der Waals surface area contributed by atoms with Crippen molar-refractivity contribution in [3.63, 3.8) is 0 Å². The fraction of sp³-hybridized carbons (Fsp3) is 0.0909. The Morgan fingerprint density at radius 1 is 1.06 bits per heavy atom. The van der Waals surface area contributed by atoms with Crippen LogP contribution in [0.15, 0.2) is 75.1 Å². The number of halogens is 1. The second-order valence-corrected chi connectivity index (χ2v) is 8.73. The Bertz CT molecular complexity index is 1430. The lowest BCUT2D eigenvalue weighted by Gasteiger charge is -2.05. The average Bonchev–Trinajstić information content (AvgIpc) is 3.44. The molecule has 0 aliphatic rings. The van der Waals surface area contributed by atoms with Gasteiger partial charge in [0, 0.05) is 17.5 Å². The molecule has 0 saturated heterocycles. The zero-order valence-corrected chi connectivity index (χ0v) is 17.9. The van der Waals surface area contributed by atoms with Crippen LogP contribution in [0.3, 0.4) is 0 Å². The minimum absolute atomic E-state index is 0.0940. The summed E-state index contributed by atoms with van der Waals surface area (Å²) in [7, 11) is 1.70. The molecule has 2 aromatic carbocycles. The highest BCUT2D eigenvalue weighted by Crippen LogP contribution is 2.32. The number of aromatic nitrogens is 4. The molecule has 0 atom stereocenters. The van der Waals surface area contributed by atoms with Crippen molar-refractivity contribution in [2.24, 2.45) is 7.05 Å². The van der Waals surface area contributed by atoms with Crippen molar-refractivity contribution in [2.45, 2.75) is 10.9 Å². The third kappa shape index (κ3) is 3.89. The summed E-state index contributed by atoms with van der Waals surface area (Å²) in [6.07, 6.45) is 0. The highest BCUT2D eigenvalue weighted by atomic mass is 32.2. The average molecular weight is 451 g/mol. The highest BCUT2D eigenvalue weighted by molar-refractivity contribution is 7.98. The molecular weight excluding hydrogens is 435 g/mol. The summed E-state index contributed by atoms with van der Waals surface area (Å²) in [4.78, 5) is 23.6. The normalized spacial score (nSPS) is 11.3. The van der Waals surface area contributed by atoms with Crippen molar-refractivity contribution in [3.8, 4) is 21.8 Å². The van der Waals surface area contributed by atoms with E-state index in [1.165, 1.54) is 39.8 Å². The topological polar surface area (TPSA) is 73.8 Å². The van der Waals surface area contributed by atoms with Crippen molar-refractivity contribution in [2.75, 3.05) is 0 Å². The Morgan fingerprint density at radius 2 is 1.84 bits per heavy atom. The van der Waals surface area contributed by atoms with E-state index in [9.17, 15) is 9.18 Å². The monoisotopic (exact) mass is 450 g/mol. The minimum atomic E-state index is -0.325. The second kappa shape index (κ2) is 8.09. The minimum Gasteiger partial charge on any atom is -0.338 e. The fourth-order valence-electron chi connectivity index (χ4n) is 3.08. The zero-order valence-electron chi connectivity index (χ0n) is 16.3. The van der Waals surface area contributed by atoms with Gasteiger partial charge >= 0.3 is 0 Å². The molecule has 5 aromatic rings. The van der Waals surface area contributed by atoms with E-state index in [-0.39, 0.29) is 11.4 Å². The van der Waals surface area contributed by atoms with Crippen LogP contribution >= 0.6 is 23.1 Å². The van der Waals surface area contributed by atoms with Crippen molar-refractivity contribution < 1.29 is 8.91 Å². The molecule has 3 aromatic heterocycles. The van der Waals surface area contributed by atoms with E-state index in [4.69, 9.17) is 4.52 Å². The lowest BCUT2D eigenvalue weighted by atomic mass is 10.2. The number of hydrogen-bond donors (Lipinski definition) is 0. The van der Waals surface area contributed by atoms with Crippen LogP contribution in [0.2, 0.25) is 0 Å². The van der Waals surface area contributed by atoms with E-state index in [0.29, 0.717) is 38.4 Å². The van der Waals surface area contributed by atoms with Crippen LogP contribution in [0.5, 0.6) is 0 Å². The molecule has 0 fully saturated rings. The maximum absolute atomic E-state index is 13.1. The molecule has 0 aliphatic carbocycles. The van der Waals surface area contributed by atoms with Gasteiger partial charge in [-0.15, -0.1) is 11.3 Å². The van der Waals surface area contributed by atoms with E-state index in [1.54, 1.807) is 19.2 Å². The molecule has 6 nitrogen and oxygen atoms in total. The third-order valence-electron chi connectivity index (χ3n) is 4.69. The number of fused-ring (bicyclic) bond motifs is 1. The van der Waals surface area contributed by atoms with Gasteiger partial charge in [-0.05, 0) is 35.9 Å². The Labute approximate surface area is 184 Å². The number of rotatable bonds is 5. The molecule has 0 spiro atoms. The molecular formula is C22H15FN4O2S2. The SMILES string of the molecule is Cn1c(SCc2nc(-c3ccc(F)cc3)no2)nc2sc(-c3ccccc3)cc2c1=O. The molecule has 31 heavy (non-hydrogen) atoms. The van der Waals surface area contributed by atoms with Crippen LogP contribution in [0.1, 0.15) is 5.89 Å². The number of nitrogens with zero attached hydrogens (tertiary/aromatic N) is 4. The number of benzene rings is 2. The molecule has 0 radical (unpaired) electrons. The van der Waals surface area contributed by atoms with Crippen LogP contribution in [0, 0.1) is 5.82 Å². The summed E-state index contributed by atoms with van der Waals surface area (Å²) in [6.45, 7) is 0. The molecule has 5 rings (SSSR count). The quantitative estimate of drug-likeness (QED) is 0.273. The van der Waals surface area contributed by atoms with E-state index in [0.717, 1.165) is 10.4 Å². The predicted octanol–water partition coefficient (Wildman–Crippen LogP) is 5.14. The van der Waals surface area contributed by atoms with Crippen molar-refractivity contribution in [3.05, 3.63) is 82.7 Å². The number of thioether (sulfide) groups is 1. The maximum Gasteiger partial charge on any atom is 0.262 e. The second-order valence-electron chi connectivity index (χ2n) is 6.76. The van der Waals surface area contributed by atoms with Gasteiger partial charge in [0.05, 0.1) is 11.1 Å². The lowest BCUT2D eigenvalue weighted by molar-refractivity contribution is 0.391. The van der Waals surface area contributed by atoms with Gasteiger partial charge < -0.3 is 4.52 Å². The molecule has 0 bridgehead atoms. The molecule has 3 heterocycles. The van der Waals surface area contributed by atoms with E-state index >= 15 is 0 Å². The summed E-state index contributed by atoms with van der Waals surface area (Å²) in [5, 5.41) is 5.12. The zero-order chi connectivity index (χ0) is 21.4. The summed E-state index contributed by atoms with van der Waals surface area (Å²) in [5.41, 5.74) is 1.63. The first-order valence-corrected chi connectivity index (χ1v) is 11.2. The predicted molar refractivity (Wildman–Crippen MR) is 120 cm³/mol. The lowest BCUT2D eigenvalue weighted by Crippen LogP contribution is -2.19. The molecule has 0 unspecified atom stereocenters. The smallest absolute Gasteiger partial charge is 0.262 e. The number of thiophene rings is 1. The Hall–Kier alpha value is -3.30. The number of hydrogen-bond acceptors (Lipinski definition) is 7. The molecule has 0 saturated carbocycles. The largest absolute Gasteiger partial charge is 0.338 e. The van der Waals surface area contributed by atoms with Gasteiger partial charge in [-0.25, -0.2) is 9.37 Å². The Morgan fingerprint density at radius 3 is 2.61 bits per heavy atom. The van der Waals surface area contributed by atoms with Gasteiger partial charge in [0.2, 0.25) is 11.7 Å². The van der Waals surface area contributed by atoms with Gasteiger partial charge in [-0.2, -0.15) is 4.98 Å². The summed E-state index contributed by atoms with van der Waals surface area (Å²) in [5.74, 6) is 0.819. The first-order valence-electron chi connectivity index (χ1n) is 9.36. The first-order chi connectivity index (χ1) is 15.1. The van der Waals surface area contributed by atoms with Crippen LogP contribution < -0.4 is 5.56 Å². The van der Waals surface area contributed by atoms with E-state index < -0.39 is 0 Å². The Balaban J connectivity index is 1.40. The molecule has 9 heteroatoms. The van der Waals surface area contributed by atoms with E-state index in [1.807, 2.05) is 36.4 Å². The molecule has 0 amide bonds. The molecule has 0 N–H and O–H groups in total. The highest BCUT2D eigenvalue weighted by Gasteiger charge is 2.15. The maximum atomic E-state index is 13.1. The van der Waals surface area contributed by atoms with Gasteiger partial charge in [0.15, 0.2) is 5.16 Å². The van der Waals surface area contributed by atoms with Crippen LogP contribution in [-0.2, 0) is 12.8 Å². The molecule has 0 aliphatic heterocycles. The van der Waals surface area contributed by atoms with Crippen LogP contribution in [0.4, 0.5) is 4.39 Å². The molecule has 154 valence electrons. The summed E-state index contributed by atoms with van der Waals surface area (Å²) < 4.78 is 19.9. The summed E-state index contributed by atoms with van der Waals surface area (Å²) >= 11 is 2.84. The first kappa shape index (κ1) is 19.7. The van der Waals surface area contributed by atoms with Gasteiger partial charge in [-0.1, -0.05) is 47.3 Å². The standard InChI is InChI=1S/C22H15FN4O2S2/c1-27-21(28)16-11-17(13-5-3-2-4-6-13)31-20(16)25-22(27)30-12-18-24-19(26-29-18)14-7-9-15(23)10-8-14/h2-11H,12H2,1H3. The van der Waals surface area contributed by atoms with Crippen LogP contribution in [-0.4, -0.2) is 19.7 Å². The fourth-order valence-corrected chi connectivity index (χ4v) is 4.96. The van der Waals surface area contributed by atoms with Crippen LogP contribution in [0.25, 0.3) is 32.0 Å². The van der Waals surface area contributed by atoms with E-state index in [2.05, 4.69) is 15.1 Å². The third-order valence-corrected chi connectivity index (χ3v) is 6.78. The van der Waals surface area contributed by atoms with Crippen molar-refractivity contribution in [1.82, 2.24) is 19.7 Å². The van der Waals surface area contributed by atoms with Gasteiger partial charge in [0.25, 0.3) is 5.56 Å². The Kier molecular flexibility index (Phi) is 5.13.